The predicted octanol–water partition coefficient (Wildman–Crippen LogP) is 3.20. The molecule has 0 unspecified atom stereocenters. The molecule has 0 saturated carbocycles. The SMILES string of the molecule is CCNC(=NCc1ccc(C)c(OC)c1)NCC(C)(C)SC. The minimum absolute atomic E-state index is 0.184. The Morgan fingerprint density at radius 2 is 2.05 bits per heavy atom. The summed E-state index contributed by atoms with van der Waals surface area (Å²) in [5.41, 5.74) is 2.28. The van der Waals surface area contributed by atoms with E-state index in [9.17, 15) is 0 Å². The average Bonchev–Trinajstić information content (AvgIpc) is 2.51. The van der Waals surface area contributed by atoms with E-state index in [2.05, 4.69) is 54.8 Å². The van der Waals surface area contributed by atoms with Crippen LogP contribution in [0.15, 0.2) is 23.2 Å². The number of rotatable bonds is 7. The molecule has 0 fully saturated rings. The van der Waals surface area contributed by atoms with Crippen LogP contribution in [0.5, 0.6) is 5.75 Å². The number of methoxy groups -OCH3 is 1. The Hall–Kier alpha value is -1.36. The second-order valence-corrected chi connectivity index (χ2v) is 7.33. The molecule has 1 aromatic carbocycles. The van der Waals surface area contributed by atoms with Crippen molar-refractivity contribution in [3.8, 4) is 5.75 Å². The molecule has 0 aliphatic rings. The third-order valence-corrected chi connectivity index (χ3v) is 4.72. The molecule has 4 nitrogen and oxygen atoms in total. The van der Waals surface area contributed by atoms with Gasteiger partial charge in [0.1, 0.15) is 5.75 Å². The lowest BCUT2D eigenvalue weighted by Gasteiger charge is -2.23. The van der Waals surface area contributed by atoms with Crippen LogP contribution in [-0.4, -0.2) is 37.2 Å². The first-order valence-electron chi connectivity index (χ1n) is 7.62. The van der Waals surface area contributed by atoms with Gasteiger partial charge in [-0.05, 0) is 51.1 Å². The fourth-order valence-corrected chi connectivity index (χ4v) is 2.06. The zero-order valence-corrected chi connectivity index (χ0v) is 15.4. The van der Waals surface area contributed by atoms with Crippen molar-refractivity contribution in [1.29, 1.82) is 0 Å². The first-order valence-corrected chi connectivity index (χ1v) is 8.85. The summed E-state index contributed by atoms with van der Waals surface area (Å²) in [7, 11) is 1.70. The largest absolute Gasteiger partial charge is 0.496 e. The Morgan fingerprint density at radius 3 is 2.64 bits per heavy atom. The van der Waals surface area contributed by atoms with E-state index in [0.717, 1.165) is 35.9 Å². The first kappa shape index (κ1) is 18.7. The molecule has 5 heteroatoms. The second kappa shape index (κ2) is 8.93. The molecule has 0 aromatic heterocycles. The maximum Gasteiger partial charge on any atom is 0.191 e. The Kier molecular flexibility index (Phi) is 7.59. The second-order valence-electron chi connectivity index (χ2n) is 5.82. The van der Waals surface area contributed by atoms with Crippen LogP contribution in [0, 0.1) is 6.92 Å². The number of aryl methyl sites for hydroxylation is 1. The molecule has 124 valence electrons. The van der Waals surface area contributed by atoms with Gasteiger partial charge in [-0.2, -0.15) is 11.8 Å². The van der Waals surface area contributed by atoms with E-state index in [1.165, 1.54) is 0 Å². The van der Waals surface area contributed by atoms with E-state index < -0.39 is 0 Å². The molecule has 2 N–H and O–H groups in total. The summed E-state index contributed by atoms with van der Waals surface area (Å²) >= 11 is 1.85. The summed E-state index contributed by atoms with van der Waals surface area (Å²) in [4.78, 5) is 4.66. The number of aliphatic imine (C=N–C) groups is 1. The normalized spacial score (nSPS) is 12.2. The highest BCUT2D eigenvalue weighted by atomic mass is 32.2. The lowest BCUT2D eigenvalue weighted by atomic mass is 10.1. The van der Waals surface area contributed by atoms with Crippen LogP contribution in [0.2, 0.25) is 0 Å². The molecule has 0 aliphatic carbocycles. The summed E-state index contributed by atoms with van der Waals surface area (Å²) in [5.74, 6) is 1.76. The number of ether oxygens (including phenoxy) is 1. The highest BCUT2D eigenvalue weighted by Crippen LogP contribution is 2.20. The number of hydrogen-bond donors (Lipinski definition) is 2. The molecule has 0 heterocycles. The van der Waals surface area contributed by atoms with Crippen LogP contribution in [0.3, 0.4) is 0 Å². The Balaban J connectivity index is 2.73. The fraction of sp³-hybridized carbons (Fsp3) is 0.588. The summed E-state index contributed by atoms with van der Waals surface area (Å²) in [5, 5.41) is 6.70. The standard InChI is InChI=1S/C17H29N3OS/c1-7-18-16(20-12-17(3,4)22-6)19-11-14-9-8-13(2)15(10-14)21-5/h8-10H,7,11-12H2,1-6H3,(H2,18,19,20). The van der Waals surface area contributed by atoms with Crippen molar-refractivity contribution in [2.45, 2.75) is 39.0 Å². The zero-order valence-electron chi connectivity index (χ0n) is 14.6. The molecule has 0 spiro atoms. The Morgan fingerprint density at radius 1 is 1.32 bits per heavy atom. The molecule has 0 amide bonds. The molecule has 1 aromatic rings. The number of hydrogen-bond acceptors (Lipinski definition) is 3. The minimum Gasteiger partial charge on any atom is -0.496 e. The third-order valence-electron chi connectivity index (χ3n) is 3.47. The van der Waals surface area contributed by atoms with Gasteiger partial charge in [-0.3, -0.25) is 0 Å². The van der Waals surface area contributed by atoms with E-state index in [1.54, 1.807) is 7.11 Å². The molecule has 1 rings (SSSR count). The average molecular weight is 324 g/mol. The highest BCUT2D eigenvalue weighted by molar-refractivity contribution is 7.99. The molecule has 0 bridgehead atoms. The van der Waals surface area contributed by atoms with Crippen molar-refractivity contribution in [2.75, 3.05) is 26.5 Å². The van der Waals surface area contributed by atoms with Gasteiger partial charge in [0.15, 0.2) is 5.96 Å². The topological polar surface area (TPSA) is 45.7 Å². The Labute approximate surface area is 139 Å². The molecule has 0 atom stereocenters. The molecule has 0 radical (unpaired) electrons. The van der Waals surface area contributed by atoms with Crippen LogP contribution in [-0.2, 0) is 6.54 Å². The predicted molar refractivity (Wildman–Crippen MR) is 98.1 cm³/mol. The zero-order chi connectivity index (χ0) is 16.6. The number of thioether (sulfide) groups is 1. The van der Waals surface area contributed by atoms with Gasteiger partial charge >= 0.3 is 0 Å². The summed E-state index contributed by atoms with van der Waals surface area (Å²) in [6.07, 6.45) is 2.13. The van der Waals surface area contributed by atoms with Crippen LogP contribution in [0.25, 0.3) is 0 Å². The molecule has 22 heavy (non-hydrogen) atoms. The maximum atomic E-state index is 5.36. The molecular formula is C17H29N3OS. The van der Waals surface area contributed by atoms with Crippen molar-refractivity contribution in [3.63, 3.8) is 0 Å². The van der Waals surface area contributed by atoms with Crippen molar-refractivity contribution in [1.82, 2.24) is 10.6 Å². The summed E-state index contributed by atoms with van der Waals surface area (Å²) < 4.78 is 5.55. The quantitative estimate of drug-likeness (QED) is 0.597. The van der Waals surface area contributed by atoms with Crippen LogP contribution < -0.4 is 15.4 Å². The van der Waals surface area contributed by atoms with Crippen LogP contribution in [0.4, 0.5) is 0 Å². The lowest BCUT2D eigenvalue weighted by molar-refractivity contribution is 0.411. The lowest BCUT2D eigenvalue weighted by Crippen LogP contribution is -2.43. The number of nitrogens with one attached hydrogen (secondary N) is 2. The van der Waals surface area contributed by atoms with Gasteiger partial charge < -0.3 is 15.4 Å². The van der Waals surface area contributed by atoms with Crippen LogP contribution >= 0.6 is 11.8 Å². The minimum atomic E-state index is 0.184. The number of benzene rings is 1. The van der Waals surface area contributed by atoms with Crippen molar-refractivity contribution in [3.05, 3.63) is 29.3 Å². The number of nitrogens with zero attached hydrogens (tertiary/aromatic N) is 1. The van der Waals surface area contributed by atoms with Crippen molar-refractivity contribution in [2.24, 2.45) is 4.99 Å². The van der Waals surface area contributed by atoms with E-state index in [-0.39, 0.29) is 4.75 Å². The number of guanidine groups is 1. The van der Waals surface area contributed by atoms with E-state index in [0.29, 0.717) is 6.54 Å². The van der Waals surface area contributed by atoms with E-state index in [1.807, 2.05) is 24.8 Å². The van der Waals surface area contributed by atoms with Gasteiger partial charge in [0.05, 0.1) is 13.7 Å². The van der Waals surface area contributed by atoms with E-state index >= 15 is 0 Å². The maximum absolute atomic E-state index is 5.36. The monoisotopic (exact) mass is 323 g/mol. The highest BCUT2D eigenvalue weighted by Gasteiger charge is 2.16. The third kappa shape index (κ3) is 6.18. The van der Waals surface area contributed by atoms with Crippen LogP contribution in [0.1, 0.15) is 31.9 Å². The van der Waals surface area contributed by atoms with Crippen molar-refractivity contribution < 1.29 is 4.74 Å². The van der Waals surface area contributed by atoms with Gasteiger partial charge in [-0.15, -0.1) is 0 Å². The van der Waals surface area contributed by atoms with Gasteiger partial charge in [-0.25, -0.2) is 4.99 Å². The molecule has 0 saturated heterocycles. The summed E-state index contributed by atoms with van der Waals surface area (Å²) in [6, 6.07) is 6.21. The van der Waals surface area contributed by atoms with Gasteiger partial charge in [-0.1, -0.05) is 12.1 Å². The van der Waals surface area contributed by atoms with Crippen molar-refractivity contribution >= 4 is 17.7 Å². The molecule has 0 aliphatic heterocycles. The molecular weight excluding hydrogens is 294 g/mol. The first-order chi connectivity index (χ1) is 10.4. The Bertz CT molecular complexity index is 501. The fourth-order valence-electron chi connectivity index (χ4n) is 1.84. The van der Waals surface area contributed by atoms with E-state index in [4.69, 9.17) is 4.74 Å². The summed E-state index contributed by atoms with van der Waals surface area (Å²) in [6.45, 7) is 10.9. The smallest absolute Gasteiger partial charge is 0.191 e. The van der Waals surface area contributed by atoms with Gasteiger partial charge in [0, 0.05) is 17.8 Å². The van der Waals surface area contributed by atoms with Gasteiger partial charge in [0.2, 0.25) is 0 Å². The van der Waals surface area contributed by atoms with Gasteiger partial charge in [0.25, 0.3) is 0 Å².